The van der Waals surface area contributed by atoms with Gasteiger partial charge in [-0.15, -0.1) is 0 Å². The van der Waals surface area contributed by atoms with Gasteiger partial charge in [-0.25, -0.2) is 8.42 Å². The van der Waals surface area contributed by atoms with Gasteiger partial charge in [0.15, 0.2) is 15.8 Å². The summed E-state index contributed by atoms with van der Waals surface area (Å²) in [7, 11) is 2.94. The maximum absolute atomic E-state index is 11.3. The molecule has 0 radical (unpaired) electrons. The Labute approximate surface area is 110 Å². The molecule has 106 valence electrons. The number of nitrogens with zero attached hydrogens (tertiary/aromatic N) is 2. The largest absolute Gasteiger partial charge is 0.356 e. The average molecular weight is 276 g/mol. The molecule has 1 unspecified atom stereocenters. The number of rotatable bonds is 5. The van der Waals surface area contributed by atoms with Crippen LogP contribution in [0, 0.1) is 0 Å². The van der Waals surface area contributed by atoms with Gasteiger partial charge >= 0.3 is 0 Å². The van der Waals surface area contributed by atoms with Gasteiger partial charge < -0.3 is 15.5 Å². The molecule has 0 saturated carbocycles. The van der Waals surface area contributed by atoms with E-state index in [0.29, 0.717) is 12.4 Å². The minimum atomic E-state index is -2.84. The summed E-state index contributed by atoms with van der Waals surface area (Å²) in [5.74, 6) is 1.18. The predicted octanol–water partition coefficient (Wildman–Crippen LogP) is -0.710. The molecule has 7 heteroatoms. The molecule has 1 saturated heterocycles. The fourth-order valence-corrected chi connectivity index (χ4v) is 3.57. The third kappa shape index (κ3) is 5.68. The van der Waals surface area contributed by atoms with Gasteiger partial charge in [0, 0.05) is 19.6 Å². The summed E-state index contributed by atoms with van der Waals surface area (Å²) < 4.78 is 22.7. The van der Waals surface area contributed by atoms with Gasteiger partial charge in [-0.05, 0) is 33.5 Å². The molecule has 0 aromatic heterocycles. The second-order valence-corrected chi connectivity index (χ2v) is 7.13. The van der Waals surface area contributed by atoms with Crippen LogP contribution >= 0.6 is 0 Å². The van der Waals surface area contributed by atoms with E-state index in [1.165, 1.54) is 0 Å². The van der Waals surface area contributed by atoms with Crippen LogP contribution in [0.1, 0.15) is 12.8 Å². The van der Waals surface area contributed by atoms with Crippen molar-refractivity contribution < 1.29 is 8.42 Å². The Morgan fingerprint density at radius 1 is 1.44 bits per heavy atom. The first-order valence-electron chi connectivity index (χ1n) is 6.25. The highest BCUT2D eigenvalue weighted by Crippen LogP contribution is 2.10. The van der Waals surface area contributed by atoms with Gasteiger partial charge in [0.25, 0.3) is 0 Å². The Morgan fingerprint density at radius 3 is 2.67 bits per heavy atom. The molecule has 0 amide bonds. The molecule has 1 aliphatic heterocycles. The lowest BCUT2D eigenvalue weighted by Crippen LogP contribution is -2.44. The summed E-state index contributed by atoms with van der Waals surface area (Å²) in [5, 5.41) is 6.35. The number of hydrogen-bond donors (Lipinski definition) is 2. The van der Waals surface area contributed by atoms with E-state index >= 15 is 0 Å². The van der Waals surface area contributed by atoms with Crippen LogP contribution < -0.4 is 10.6 Å². The van der Waals surface area contributed by atoms with Gasteiger partial charge in [-0.1, -0.05) is 0 Å². The molecular formula is C11H24N4O2S. The minimum absolute atomic E-state index is 0.00458. The lowest BCUT2D eigenvalue weighted by molar-refractivity contribution is 0.399. The normalized spacial score (nSPS) is 23.3. The molecule has 2 N–H and O–H groups in total. The molecule has 0 aliphatic carbocycles. The lowest BCUT2D eigenvalue weighted by atomic mass is 10.3. The maximum Gasteiger partial charge on any atom is 0.191 e. The van der Waals surface area contributed by atoms with Crippen LogP contribution in [0.2, 0.25) is 0 Å². The number of hydrogen-bond acceptors (Lipinski definition) is 4. The quantitative estimate of drug-likeness (QED) is 0.394. The zero-order chi connectivity index (χ0) is 13.6. The molecule has 1 rings (SSSR count). The summed E-state index contributed by atoms with van der Waals surface area (Å²) in [4.78, 5) is 6.23. The van der Waals surface area contributed by atoms with E-state index in [-0.39, 0.29) is 17.5 Å². The number of nitrogens with one attached hydrogen (secondary N) is 2. The Hall–Kier alpha value is -0.820. The van der Waals surface area contributed by atoms with Crippen molar-refractivity contribution in [2.75, 3.05) is 45.7 Å². The average Bonchev–Trinajstić information content (AvgIpc) is 2.62. The summed E-state index contributed by atoms with van der Waals surface area (Å²) in [6, 6.07) is -0.00458. The van der Waals surface area contributed by atoms with Crippen LogP contribution in [0.4, 0.5) is 0 Å². The first kappa shape index (κ1) is 15.2. The van der Waals surface area contributed by atoms with Crippen LogP contribution in [0.3, 0.4) is 0 Å². The summed E-state index contributed by atoms with van der Waals surface area (Å²) in [6.45, 7) is 1.85. The number of aliphatic imine (C=N–C) groups is 1. The third-order valence-electron chi connectivity index (χ3n) is 2.87. The van der Waals surface area contributed by atoms with Crippen LogP contribution in [0.5, 0.6) is 0 Å². The second kappa shape index (κ2) is 6.94. The van der Waals surface area contributed by atoms with E-state index in [1.807, 2.05) is 14.1 Å². The van der Waals surface area contributed by atoms with Gasteiger partial charge in [0.2, 0.25) is 0 Å². The monoisotopic (exact) mass is 276 g/mol. The fraction of sp³-hybridized carbons (Fsp3) is 0.909. The van der Waals surface area contributed by atoms with Gasteiger partial charge in [0.1, 0.15) is 0 Å². The smallest absolute Gasteiger partial charge is 0.191 e. The van der Waals surface area contributed by atoms with Gasteiger partial charge in [-0.2, -0.15) is 0 Å². The van der Waals surface area contributed by atoms with E-state index in [9.17, 15) is 8.42 Å². The third-order valence-corrected chi connectivity index (χ3v) is 4.64. The predicted molar refractivity (Wildman–Crippen MR) is 74.7 cm³/mol. The molecule has 0 aromatic rings. The molecule has 0 bridgehead atoms. The van der Waals surface area contributed by atoms with Crippen LogP contribution in [0.25, 0.3) is 0 Å². The van der Waals surface area contributed by atoms with E-state index in [4.69, 9.17) is 0 Å². The van der Waals surface area contributed by atoms with Crippen molar-refractivity contribution in [1.82, 2.24) is 15.5 Å². The summed E-state index contributed by atoms with van der Waals surface area (Å²) in [6.07, 6.45) is 1.69. The zero-order valence-corrected chi connectivity index (χ0v) is 12.3. The molecule has 6 nitrogen and oxygen atoms in total. The topological polar surface area (TPSA) is 73.8 Å². The minimum Gasteiger partial charge on any atom is -0.356 e. The zero-order valence-electron chi connectivity index (χ0n) is 11.4. The number of guanidine groups is 1. The highest BCUT2D eigenvalue weighted by Gasteiger charge is 2.28. The van der Waals surface area contributed by atoms with Gasteiger partial charge in [0.05, 0.1) is 11.5 Å². The first-order valence-corrected chi connectivity index (χ1v) is 8.07. The maximum atomic E-state index is 11.3. The molecule has 1 heterocycles. The van der Waals surface area contributed by atoms with E-state index < -0.39 is 9.84 Å². The Bertz CT molecular complexity index is 379. The van der Waals surface area contributed by atoms with Crippen LogP contribution in [-0.4, -0.2) is 71.1 Å². The Morgan fingerprint density at radius 2 is 2.17 bits per heavy atom. The second-order valence-electron chi connectivity index (χ2n) is 4.90. The van der Waals surface area contributed by atoms with Crippen LogP contribution in [0.15, 0.2) is 4.99 Å². The molecule has 18 heavy (non-hydrogen) atoms. The summed E-state index contributed by atoms with van der Waals surface area (Å²) in [5.41, 5.74) is 0. The molecule has 0 spiro atoms. The molecule has 0 aromatic carbocycles. The van der Waals surface area contributed by atoms with Crippen molar-refractivity contribution in [3.63, 3.8) is 0 Å². The van der Waals surface area contributed by atoms with E-state index in [0.717, 1.165) is 19.5 Å². The summed E-state index contributed by atoms with van der Waals surface area (Å²) >= 11 is 0. The molecule has 1 atom stereocenters. The van der Waals surface area contributed by atoms with E-state index in [2.05, 4.69) is 20.5 Å². The van der Waals surface area contributed by atoms with E-state index in [1.54, 1.807) is 7.05 Å². The standard InChI is InChI=1S/C11H24N4O2S/c1-12-11(13-6-4-7-15(2)3)14-10-5-8-18(16,17)9-10/h10H,4-9H2,1-3H3,(H2,12,13,14). The van der Waals surface area contributed by atoms with Crippen molar-refractivity contribution in [2.24, 2.45) is 4.99 Å². The van der Waals surface area contributed by atoms with Crippen LogP contribution in [-0.2, 0) is 9.84 Å². The lowest BCUT2D eigenvalue weighted by Gasteiger charge is -2.16. The SMILES string of the molecule is CN=C(NCCCN(C)C)NC1CCS(=O)(=O)C1. The highest BCUT2D eigenvalue weighted by molar-refractivity contribution is 7.91. The van der Waals surface area contributed by atoms with Crippen molar-refractivity contribution >= 4 is 15.8 Å². The molecule has 1 fully saturated rings. The van der Waals surface area contributed by atoms with Crippen molar-refractivity contribution in [3.8, 4) is 0 Å². The highest BCUT2D eigenvalue weighted by atomic mass is 32.2. The van der Waals surface area contributed by atoms with Gasteiger partial charge in [-0.3, -0.25) is 4.99 Å². The van der Waals surface area contributed by atoms with Crippen molar-refractivity contribution in [3.05, 3.63) is 0 Å². The van der Waals surface area contributed by atoms with Crippen molar-refractivity contribution in [1.29, 1.82) is 0 Å². The number of sulfone groups is 1. The Balaban J connectivity index is 2.27. The van der Waals surface area contributed by atoms with Crippen molar-refractivity contribution in [2.45, 2.75) is 18.9 Å². The molecular weight excluding hydrogens is 252 g/mol. The molecule has 1 aliphatic rings. The first-order chi connectivity index (χ1) is 8.43. The fourth-order valence-electron chi connectivity index (χ4n) is 1.90. The Kier molecular flexibility index (Phi) is 5.87.